The van der Waals surface area contributed by atoms with Gasteiger partial charge in [0.2, 0.25) is 5.91 Å². The van der Waals surface area contributed by atoms with Crippen molar-refractivity contribution in [2.75, 3.05) is 11.9 Å². The zero-order chi connectivity index (χ0) is 18.0. The fourth-order valence-electron chi connectivity index (χ4n) is 3.02. The molecule has 0 unspecified atom stereocenters. The third kappa shape index (κ3) is 3.68. The SMILES string of the molecule is Cc1cc(F)ccc1NC(=O)[C@H]1CCCN1C(=O)c1ccc(F)cc1. The molecule has 130 valence electrons. The molecule has 0 aliphatic carbocycles. The second kappa shape index (κ2) is 7.01. The van der Waals surface area contributed by atoms with Gasteiger partial charge in [0.05, 0.1) is 0 Å². The first-order chi connectivity index (χ1) is 12.0. The van der Waals surface area contributed by atoms with Gasteiger partial charge in [0.25, 0.3) is 5.91 Å². The highest BCUT2D eigenvalue weighted by molar-refractivity contribution is 6.01. The predicted molar refractivity (Wildman–Crippen MR) is 90.2 cm³/mol. The summed E-state index contributed by atoms with van der Waals surface area (Å²) in [5.74, 6) is -1.39. The van der Waals surface area contributed by atoms with Gasteiger partial charge in [-0.05, 0) is 67.8 Å². The van der Waals surface area contributed by atoms with Gasteiger partial charge in [-0.1, -0.05) is 0 Å². The van der Waals surface area contributed by atoms with Crippen molar-refractivity contribution >= 4 is 17.5 Å². The number of hydrogen-bond donors (Lipinski definition) is 1. The zero-order valence-corrected chi connectivity index (χ0v) is 13.8. The first-order valence-corrected chi connectivity index (χ1v) is 8.09. The predicted octanol–water partition coefficient (Wildman–Crippen LogP) is 3.52. The van der Waals surface area contributed by atoms with Crippen LogP contribution in [0, 0.1) is 18.6 Å². The Morgan fingerprint density at radius 1 is 1.08 bits per heavy atom. The molecule has 4 nitrogen and oxygen atoms in total. The fourth-order valence-corrected chi connectivity index (χ4v) is 3.02. The molecule has 1 heterocycles. The van der Waals surface area contributed by atoms with Gasteiger partial charge in [-0.15, -0.1) is 0 Å². The molecule has 2 amide bonds. The molecule has 1 N–H and O–H groups in total. The lowest BCUT2D eigenvalue weighted by atomic mass is 10.1. The van der Waals surface area contributed by atoms with Gasteiger partial charge in [-0.25, -0.2) is 8.78 Å². The van der Waals surface area contributed by atoms with E-state index in [1.54, 1.807) is 6.92 Å². The molecule has 1 aliphatic heterocycles. The summed E-state index contributed by atoms with van der Waals surface area (Å²) in [5, 5.41) is 2.77. The van der Waals surface area contributed by atoms with Gasteiger partial charge in [0.15, 0.2) is 0 Å². The van der Waals surface area contributed by atoms with Crippen LogP contribution in [0.5, 0.6) is 0 Å². The quantitative estimate of drug-likeness (QED) is 0.926. The molecular formula is C19H18F2N2O2. The fraction of sp³-hybridized carbons (Fsp3) is 0.263. The summed E-state index contributed by atoms with van der Waals surface area (Å²) in [6.07, 6.45) is 1.27. The summed E-state index contributed by atoms with van der Waals surface area (Å²) in [6.45, 7) is 2.17. The van der Waals surface area contributed by atoms with Crippen LogP contribution >= 0.6 is 0 Å². The Labute approximate surface area is 144 Å². The molecule has 1 atom stereocenters. The number of amides is 2. The van der Waals surface area contributed by atoms with Crippen molar-refractivity contribution in [1.29, 1.82) is 0 Å². The first-order valence-electron chi connectivity index (χ1n) is 8.09. The number of anilines is 1. The average Bonchev–Trinajstić information content (AvgIpc) is 3.07. The summed E-state index contributed by atoms with van der Waals surface area (Å²) in [7, 11) is 0. The third-order valence-electron chi connectivity index (χ3n) is 4.35. The lowest BCUT2D eigenvalue weighted by Crippen LogP contribution is -2.43. The van der Waals surface area contributed by atoms with Gasteiger partial charge >= 0.3 is 0 Å². The number of nitrogens with one attached hydrogen (secondary N) is 1. The smallest absolute Gasteiger partial charge is 0.254 e. The minimum atomic E-state index is -0.595. The number of aryl methyl sites for hydroxylation is 1. The Kier molecular flexibility index (Phi) is 4.79. The molecule has 0 spiro atoms. The minimum absolute atomic E-state index is 0.298. The number of hydrogen-bond acceptors (Lipinski definition) is 2. The van der Waals surface area contributed by atoms with E-state index in [-0.39, 0.29) is 17.6 Å². The standard InChI is InChI=1S/C19H18F2N2O2/c1-12-11-15(21)8-9-16(12)22-18(24)17-3-2-10-23(17)19(25)13-4-6-14(20)7-5-13/h4-9,11,17H,2-3,10H2,1H3,(H,22,24)/t17-/m1/s1. The van der Waals surface area contributed by atoms with Crippen LogP contribution in [0.25, 0.3) is 0 Å². The van der Waals surface area contributed by atoms with E-state index in [0.717, 1.165) is 0 Å². The molecule has 2 aromatic carbocycles. The van der Waals surface area contributed by atoms with Crippen LogP contribution in [-0.2, 0) is 4.79 Å². The van der Waals surface area contributed by atoms with E-state index in [4.69, 9.17) is 0 Å². The highest BCUT2D eigenvalue weighted by Gasteiger charge is 2.34. The summed E-state index contributed by atoms with van der Waals surface area (Å²) in [5.41, 5.74) is 1.48. The molecular weight excluding hydrogens is 326 g/mol. The maximum absolute atomic E-state index is 13.2. The molecule has 0 radical (unpaired) electrons. The number of rotatable bonds is 3. The number of halogens is 2. The van der Waals surface area contributed by atoms with Crippen LogP contribution in [0.3, 0.4) is 0 Å². The van der Waals surface area contributed by atoms with Crippen LogP contribution in [0.4, 0.5) is 14.5 Å². The molecule has 2 aromatic rings. The Hall–Kier alpha value is -2.76. The van der Waals surface area contributed by atoms with Crippen molar-refractivity contribution in [3.63, 3.8) is 0 Å². The van der Waals surface area contributed by atoms with Gasteiger partial charge < -0.3 is 10.2 Å². The van der Waals surface area contributed by atoms with Gasteiger partial charge in [0.1, 0.15) is 17.7 Å². The van der Waals surface area contributed by atoms with Gasteiger partial charge in [0, 0.05) is 17.8 Å². The Morgan fingerprint density at radius 3 is 2.44 bits per heavy atom. The Balaban J connectivity index is 1.75. The summed E-state index contributed by atoms with van der Waals surface area (Å²) >= 11 is 0. The van der Waals surface area contributed by atoms with E-state index in [9.17, 15) is 18.4 Å². The maximum atomic E-state index is 13.2. The largest absolute Gasteiger partial charge is 0.327 e. The second-order valence-corrected chi connectivity index (χ2v) is 6.11. The lowest BCUT2D eigenvalue weighted by Gasteiger charge is -2.24. The third-order valence-corrected chi connectivity index (χ3v) is 4.35. The Morgan fingerprint density at radius 2 is 1.76 bits per heavy atom. The van der Waals surface area contributed by atoms with Crippen molar-refractivity contribution in [2.24, 2.45) is 0 Å². The van der Waals surface area contributed by atoms with Crippen molar-refractivity contribution in [1.82, 2.24) is 4.90 Å². The van der Waals surface area contributed by atoms with Crippen molar-refractivity contribution < 1.29 is 18.4 Å². The summed E-state index contributed by atoms with van der Waals surface area (Å²) in [4.78, 5) is 26.7. The van der Waals surface area contributed by atoms with Crippen LogP contribution in [0.15, 0.2) is 42.5 Å². The maximum Gasteiger partial charge on any atom is 0.254 e. The molecule has 1 saturated heterocycles. The van der Waals surface area contributed by atoms with Crippen LogP contribution in [0.1, 0.15) is 28.8 Å². The molecule has 6 heteroatoms. The molecule has 0 bridgehead atoms. The number of carbonyl (C=O) groups excluding carboxylic acids is 2. The number of likely N-dealkylation sites (tertiary alicyclic amines) is 1. The molecule has 25 heavy (non-hydrogen) atoms. The van der Waals surface area contributed by atoms with E-state index in [1.807, 2.05) is 0 Å². The normalized spacial score (nSPS) is 16.8. The second-order valence-electron chi connectivity index (χ2n) is 6.11. The summed E-state index contributed by atoms with van der Waals surface area (Å²) in [6, 6.07) is 8.79. The van der Waals surface area contributed by atoms with Crippen LogP contribution in [0.2, 0.25) is 0 Å². The molecule has 0 aromatic heterocycles. The number of carbonyl (C=O) groups is 2. The van der Waals surface area contributed by atoms with E-state index < -0.39 is 11.9 Å². The minimum Gasteiger partial charge on any atom is -0.327 e. The van der Waals surface area contributed by atoms with E-state index in [2.05, 4.69) is 5.32 Å². The first kappa shape index (κ1) is 17.1. The van der Waals surface area contributed by atoms with Crippen LogP contribution < -0.4 is 5.32 Å². The van der Waals surface area contributed by atoms with Crippen molar-refractivity contribution in [2.45, 2.75) is 25.8 Å². The summed E-state index contributed by atoms with van der Waals surface area (Å²) < 4.78 is 26.2. The van der Waals surface area contributed by atoms with Gasteiger partial charge in [-0.3, -0.25) is 9.59 Å². The van der Waals surface area contributed by atoms with E-state index in [0.29, 0.717) is 36.2 Å². The molecule has 1 fully saturated rings. The molecule has 3 rings (SSSR count). The molecule has 1 aliphatic rings. The molecule has 0 saturated carbocycles. The van der Waals surface area contributed by atoms with E-state index in [1.165, 1.54) is 47.4 Å². The topological polar surface area (TPSA) is 49.4 Å². The highest BCUT2D eigenvalue weighted by Crippen LogP contribution is 2.23. The monoisotopic (exact) mass is 344 g/mol. The number of benzene rings is 2. The van der Waals surface area contributed by atoms with Gasteiger partial charge in [-0.2, -0.15) is 0 Å². The van der Waals surface area contributed by atoms with Crippen molar-refractivity contribution in [3.8, 4) is 0 Å². The number of nitrogens with zero attached hydrogens (tertiary/aromatic N) is 1. The highest BCUT2D eigenvalue weighted by atomic mass is 19.1. The lowest BCUT2D eigenvalue weighted by molar-refractivity contribution is -0.119. The van der Waals surface area contributed by atoms with E-state index >= 15 is 0 Å². The zero-order valence-electron chi connectivity index (χ0n) is 13.8. The van der Waals surface area contributed by atoms with Crippen LogP contribution in [-0.4, -0.2) is 29.3 Å². The Bertz CT molecular complexity index is 806. The average molecular weight is 344 g/mol. The van der Waals surface area contributed by atoms with Crippen molar-refractivity contribution in [3.05, 3.63) is 65.2 Å².